The fraction of sp³-hybridized carbons (Fsp3) is 0.775. The van der Waals surface area contributed by atoms with Crippen molar-refractivity contribution >= 4 is 40.5 Å². The first-order valence-electron chi connectivity index (χ1n) is 19.2. The topological polar surface area (TPSA) is 6.25 Å². The van der Waals surface area contributed by atoms with E-state index in [0.29, 0.717) is 46.5 Å². The van der Waals surface area contributed by atoms with Crippen molar-refractivity contribution in [1.82, 2.24) is 4.90 Å². The van der Waals surface area contributed by atoms with E-state index in [2.05, 4.69) is 47.6 Å². The van der Waals surface area contributed by atoms with Crippen LogP contribution in [-0.2, 0) is 0 Å². The molecular weight excluding hydrogens is 615 g/mol. The van der Waals surface area contributed by atoms with Gasteiger partial charge in [0.05, 0.1) is 5.92 Å². The van der Waals surface area contributed by atoms with Gasteiger partial charge in [0.25, 0.3) is 0 Å². The molecule has 7 aliphatic rings. The Morgan fingerprint density at radius 1 is 0.756 bits per heavy atom. The van der Waals surface area contributed by atoms with Crippen molar-refractivity contribution in [3.8, 4) is 0 Å². The van der Waals surface area contributed by atoms with Gasteiger partial charge in [-0.25, -0.2) is 4.58 Å². The molecule has 10 unspecified atom stereocenters. The summed E-state index contributed by atoms with van der Waals surface area (Å²) in [5, 5.41) is 1.77. The number of halogens is 3. The highest BCUT2D eigenvalue weighted by molar-refractivity contribution is 6.32. The zero-order valence-corrected chi connectivity index (χ0v) is 30.3. The molecule has 5 heteroatoms. The van der Waals surface area contributed by atoms with E-state index in [0.717, 1.165) is 29.7 Å². The Morgan fingerprint density at radius 2 is 1.49 bits per heavy atom. The Bertz CT molecular complexity index is 1240. The molecule has 45 heavy (non-hydrogen) atoms. The number of likely N-dealkylation sites (tertiary alicyclic amines) is 1. The van der Waals surface area contributed by atoms with Crippen LogP contribution in [-0.4, -0.2) is 51.1 Å². The number of allylic oxidation sites excluding steroid dienone is 8. The quantitative estimate of drug-likeness (QED) is 0.174. The lowest BCUT2D eigenvalue weighted by molar-refractivity contribution is -0.568. The molecule has 10 atom stereocenters. The van der Waals surface area contributed by atoms with E-state index in [-0.39, 0.29) is 0 Å². The summed E-state index contributed by atoms with van der Waals surface area (Å²) in [6.45, 7) is 7.05. The van der Waals surface area contributed by atoms with Crippen molar-refractivity contribution in [3.05, 3.63) is 46.2 Å². The van der Waals surface area contributed by atoms with E-state index in [1.165, 1.54) is 121 Å². The summed E-state index contributed by atoms with van der Waals surface area (Å²) >= 11 is 21.3. The van der Waals surface area contributed by atoms with Crippen LogP contribution >= 0.6 is 34.8 Å². The molecule has 5 aliphatic carbocycles. The largest absolute Gasteiger partial charge is 0.371 e. The van der Waals surface area contributed by atoms with Gasteiger partial charge in [0, 0.05) is 64.8 Å². The number of nitrogens with zero attached hydrogens (tertiary/aromatic N) is 2. The van der Waals surface area contributed by atoms with Gasteiger partial charge in [0.15, 0.2) is 11.8 Å². The maximum atomic E-state index is 7.31. The van der Waals surface area contributed by atoms with Gasteiger partial charge in [-0.15, -0.1) is 23.2 Å². The molecule has 0 aromatic heterocycles. The predicted molar refractivity (Wildman–Crippen MR) is 193 cm³/mol. The zero-order valence-electron chi connectivity index (χ0n) is 28.0. The van der Waals surface area contributed by atoms with Gasteiger partial charge >= 0.3 is 0 Å². The van der Waals surface area contributed by atoms with Gasteiger partial charge in [-0.3, -0.25) is 0 Å². The van der Waals surface area contributed by atoms with Crippen molar-refractivity contribution in [2.75, 3.05) is 13.1 Å². The molecule has 5 fully saturated rings. The summed E-state index contributed by atoms with van der Waals surface area (Å²) in [6.07, 6.45) is 31.2. The minimum absolute atomic E-state index is 0.375. The normalized spacial score (nSPS) is 41.5. The molecule has 2 nitrogen and oxygen atoms in total. The standard InChI is InChI=1S/C40H58Cl3N2/c1-3-5-24-44-34(30-14-8-12-28-32(41)18-22-36(44)38(28)30)20-16-26-10-7-11-27(40(26)43)17-21-35-31-15-9-13-29-33(42)19-23-37(39(29)31)45(35)25-6-4-2/h16-17,20-21,28-33,36-39H,3-15,18-19,22-25H2,1-2H3/q+1. The molecule has 0 bridgehead atoms. The fourth-order valence-electron chi connectivity index (χ4n) is 11.4. The molecular formula is C40H58Cl3N2+. The van der Waals surface area contributed by atoms with E-state index < -0.39 is 0 Å². The lowest BCUT2D eigenvalue weighted by Crippen LogP contribution is -2.44. The molecule has 0 aromatic carbocycles. The summed E-state index contributed by atoms with van der Waals surface area (Å²) in [6, 6.07) is 1.39. The second kappa shape index (κ2) is 14.4. The Labute approximate surface area is 289 Å². The summed E-state index contributed by atoms with van der Waals surface area (Å²) in [7, 11) is 0. The molecule has 7 rings (SSSR count). The molecule has 1 saturated heterocycles. The molecule has 0 spiro atoms. The molecule has 4 saturated carbocycles. The summed E-state index contributed by atoms with van der Waals surface area (Å²) < 4.78 is 2.84. The summed E-state index contributed by atoms with van der Waals surface area (Å²) in [5.41, 5.74) is 5.90. The molecule has 0 amide bonds. The number of unbranched alkanes of at least 4 members (excludes halogenated alkanes) is 2. The Morgan fingerprint density at radius 3 is 2.27 bits per heavy atom. The highest BCUT2D eigenvalue weighted by atomic mass is 35.5. The van der Waals surface area contributed by atoms with Crippen molar-refractivity contribution in [2.45, 2.75) is 146 Å². The summed E-state index contributed by atoms with van der Waals surface area (Å²) in [4.78, 5) is 2.84. The third kappa shape index (κ3) is 6.18. The van der Waals surface area contributed by atoms with Crippen LogP contribution in [0, 0.1) is 35.5 Å². The minimum atomic E-state index is 0.375. The van der Waals surface area contributed by atoms with Gasteiger partial charge in [0.2, 0.25) is 0 Å². The van der Waals surface area contributed by atoms with Crippen molar-refractivity contribution < 1.29 is 4.58 Å². The first kappa shape index (κ1) is 32.8. The van der Waals surface area contributed by atoms with Crippen LogP contribution in [0.4, 0.5) is 0 Å². The van der Waals surface area contributed by atoms with Crippen LogP contribution in [0.3, 0.4) is 0 Å². The molecule has 0 aromatic rings. The lowest BCUT2D eigenvalue weighted by atomic mass is 9.64. The van der Waals surface area contributed by atoms with Crippen LogP contribution in [0.2, 0.25) is 0 Å². The maximum absolute atomic E-state index is 7.31. The molecule has 2 aliphatic heterocycles. The first-order valence-corrected chi connectivity index (χ1v) is 20.4. The lowest BCUT2D eigenvalue weighted by Gasteiger charge is -2.43. The van der Waals surface area contributed by atoms with Crippen molar-refractivity contribution in [3.63, 3.8) is 0 Å². The van der Waals surface area contributed by atoms with Gasteiger partial charge in [-0.2, -0.15) is 0 Å². The second-order valence-corrected chi connectivity index (χ2v) is 17.2. The van der Waals surface area contributed by atoms with Crippen LogP contribution < -0.4 is 0 Å². The van der Waals surface area contributed by atoms with Crippen LogP contribution in [0.25, 0.3) is 0 Å². The Hall–Kier alpha value is -0.700. The molecule has 0 radical (unpaired) electrons. The average molecular weight is 673 g/mol. The van der Waals surface area contributed by atoms with Crippen LogP contribution in [0.1, 0.15) is 123 Å². The third-order valence-electron chi connectivity index (χ3n) is 13.4. The van der Waals surface area contributed by atoms with E-state index in [1.807, 2.05) is 0 Å². The fourth-order valence-corrected chi connectivity index (χ4v) is 12.6. The van der Waals surface area contributed by atoms with Crippen molar-refractivity contribution in [2.24, 2.45) is 35.5 Å². The first-order chi connectivity index (χ1) is 22.0. The number of hydrogen-bond acceptors (Lipinski definition) is 1. The highest BCUT2D eigenvalue weighted by Gasteiger charge is 2.56. The monoisotopic (exact) mass is 671 g/mol. The van der Waals surface area contributed by atoms with Crippen LogP contribution in [0.5, 0.6) is 0 Å². The number of hydrogen-bond donors (Lipinski definition) is 0. The summed E-state index contributed by atoms with van der Waals surface area (Å²) in [5.74, 6) is 4.26. The van der Waals surface area contributed by atoms with Crippen LogP contribution in [0.15, 0.2) is 46.2 Å². The van der Waals surface area contributed by atoms with Gasteiger partial charge in [-0.1, -0.05) is 63.3 Å². The van der Waals surface area contributed by atoms with E-state index >= 15 is 0 Å². The third-order valence-corrected chi connectivity index (χ3v) is 15.0. The number of alkyl halides is 2. The number of rotatable bonds is 9. The molecule has 2 heterocycles. The Kier molecular flexibility index (Phi) is 10.5. The SMILES string of the molecule is CCCCN1/C(=C/C=C2\CCCC(/C=C/C3=[N+](CCCC)C4CCC(Cl)C5CCCC3C54)=C2Cl)C2CCCC3C(Cl)CCC1C23. The van der Waals surface area contributed by atoms with Gasteiger partial charge in [0.1, 0.15) is 6.54 Å². The van der Waals surface area contributed by atoms with E-state index in [4.69, 9.17) is 34.8 Å². The average Bonchev–Trinajstić information content (AvgIpc) is 3.53. The van der Waals surface area contributed by atoms with E-state index in [9.17, 15) is 0 Å². The molecule has 0 N–H and O–H groups in total. The van der Waals surface area contributed by atoms with Crippen molar-refractivity contribution in [1.29, 1.82) is 0 Å². The van der Waals surface area contributed by atoms with E-state index in [1.54, 1.807) is 11.4 Å². The predicted octanol–water partition coefficient (Wildman–Crippen LogP) is 11.0. The minimum Gasteiger partial charge on any atom is -0.371 e. The second-order valence-electron chi connectivity index (χ2n) is 15.7. The highest BCUT2D eigenvalue weighted by Crippen LogP contribution is 2.56. The smallest absolute Gasteiger partial charge is 0.179 e. The Balaban J connectivity index is 1.17. The zero-order chi connectivity index (χ0) is 31.1. The molecule has 248 valence electrons. The van der Waals surface area contributed by atoms with Gasteiger partial charge in [-0.05, 0) is 106 Å². The van der Waals surface area contributed by atoms with Gasteiger partial charge < -0.3 is 4.90 Å². The maximum Gasteiger partial charge on any atom is 0.179 e.